The molecule has 1 aliphatic rings. The lowest BCUT2D eigenvalue weighted by Crippen LogP contribution is -2.55. The van der Waals surface area contributed by atoms with Gasteiger partial charge in [0.1, 0.15) is 0 Å². The van der Waals surface area contributed by atoms with E-state index >= 15 is 0 Å². The van der Waals surface area contributed by atoms with Crippen molar-refractivity contribution in [2.24, 2.45) is 0 Å². The second-order valence-corrected chi connectivity index (χ2v) is 11.7. The van der Waals surface area contributed by atoms with Gasteiger partial charge < -0.3 is 4.43 Å². The molecule has 1 aliphatic heterocycles. The molecule has 0 radical (unpaired) electrons. The van der Waals surface area contributed by atoms with Crippen LogP contribution in [0, 0.1) is 0 Å². The van der Waals surface area contributed by atoms with E-state index in [0.29, 0.717) is 3.55 Å². The summed E-state index contributed by atoms with van der Waals surface area (Å²) < 4.78 is 7.19. The van der Waals surface area contributed by atoms with Crippen molar-refractivity contribution in [2.45, 2.75) is 42.2 Å². The first kappa shape index (κ1) is 15.3. The van der Waals surface area contributed by atoms with Crippen molar-refractivity contribution in [3.63, 3.8) is 0 Å². The number of alkyl halides is 1. The van der Waals surface area contributed by atoms with E-state index in [-0.39, 0.29) is 0 Å². The molecule has 1 nitrogen and oxygen atoms in total. The van der Waals surface area contributed by atoms with Gasteiger partial charge in [-0.15, -0.1) is 0 Å². The van der Waals surface area contributed by atoms with E-state index in [1.807, 2.05) is 0 Å². The molecule has 1 aromatic carbocycles. The van der Waals surface area contributed by atoms with Gasteiger partial charge in [-0.25, -0.2) is 0 Å². The average Bonchev–Trinajstić information content (AvgIpc) is 2.82. The van der Waals surface area contributed by atoms with E-state index in [1.54, 1.807) is 0 Å². The average molecular weight is 386 g/mol. The Morgan fingerprint density at radius 1 is 1.32 bits per heavy atom. The molecule has 0 spiro atoms. The van der Waals surface area contributed by atoms with Crippen molar-refractivity contribution in [3.05, 3.63) is 42.5 Å². The van der Waals surface area contributed by atoms with Crippen molar-refractivity contribution < 1.29 is 4.43 Å². The standard InChI is InChI=1S/C16H23IOSi/c1-2-3-4-8-13-18-19(14-9-12-16(19)17)15-10-6-5-7-11-15/h4-8,10-11,16H,2-3,9,12-14H2,1H3/b8-4+. The lowest BCUT2D eigenvalue weighted by atomic mass is 10.3. The normalized spacial score (nSPS) is 27.2. The highest BCUT2D eigenvalue weighted by atomic mass is 127. The molecular weight excluding hydrogens is 363 g/mol. The van der Waals surface area contributed by atoms with Crippen LogP contribution in [0.3, 0.4) is 0 Å². The highest BCUT2D eigenvalue weighted by Crippen LogP contribution is 2.35. The first-order valence-corrected chi connectivity index (χ1v) is 10.7. The largest absolute Gasteiger partial charge is 0.408 e. The van der Waals surface area contributed by atoms with Crippen LogP contribution in [0.1, 0.15) is 32.6 Å². The van der Waals surface area contributed by atoms with Gasteiger partial charge in [0.2, 0.25) is 8.32 Å². The molecule has 0 amide bonds. The van der Waals surface area contributed by atoms with E-state index in [4.69, 9.17) is 4.43 Å². The van der Waals surface area contributed by atoms with Gasteiger partial charge in [0.15, 0.2) is 0 Å². The fourth-order valence-electron chi connectivity index (χ4n) is 2.77. The second-order valence-electron chi connectivity index (χ2n) is 5.19. The molecule has 1 aromatic rings. The molecule has 1 fully saturated rings. The minimum Gasteiger partial charge on any atom is -0.408 e. The van der Waals surface area contributed by atoms with Gasteiger partial charge in [-0.3, -0.25) is 0 Å². The van der Waals surface area contributed by atoms with Crippen LogP contribution >= 0.6 is 22.6 Å². The Morgan fingerprint density at radius 2 is 2.11 bits per heavy atom. The zero-order chi connectivity index (χ0) is 13.6. The first-order chi connectivity index (χ1) is 9.29. The zero-order valence-corrected chi connectivity index (χ0v) is 14.8. The van der Waals surface area contributed by atoms with Crippen LogP contribution in [0.25, 0.3) is 0 Å². The molecule has 1 heterocycles. The summed E-state index contributed by atoms with van der Waals surface area (Å²) in [5.41, 5.74) is 0. The lowest BCUT2D eigenvalue weighted by Gasteiger charge is -2.30. The summed E-state index contributed by atoms with van der Waals surface area (Å²) in [5, 5.41) is 1.48. The Kier molecular flexibility index (Phi) is 6.10. The summed E-state index contributed by atoms with van der Waals surface area (Å²) in [6.45, 7) is 3.00. The Bertz CT molecular complexity index is 406. The van der Waals surface area contributed by atoms with Crippen LogP contribution in [0.5, 0.6) is 0 Å². The first-order valence-electron chi connectivity index (χ1n) is 7.28. The van der Waals surface area contributed by atoms with Crippen molar-refractivity contribution in [1.29, 1.82) is 0 Å². The van der Waals surface area contributed by atoms with Crippen molar-refractivity contribution in [3.8, 4) is 0 Å². The molecule has 2 atom stereocenters. The smallest absolute Gasteiger partial charge is 0.237 e. The molecule has 1 saturated heterocycles. The number of benzene rings is 1. The van der Waals surface area contributed by atoms with Crippen molar-refractivity contribution >= 4 is 36.1 Å². The fourth-order valence-corrected chi connectivity index (χ4v) is 9.77. The number of hydrogen-bond acceptors (Lipinski definition) is 1. The second kappa shape index (κ2) is 7.60. The summed E-state index contributed by atoms with van der Waals surface area (Å²) in [6, 6.07) is 12.2. The third-order valence-corrected chi connectivity index (χ3v) is 11.9. The third kappa shape index (κ3) is 3.70. The van der Waals surface area contributed by atoms with Crippen LogP contribution in [-0.4, -0.2) is 18.5 Å². The maximum atomic E-state index is 6.48. The molecule has 0 saturated carbocycles. The summed E-state index contributed by atoms with van der Waals surface area (Å²) >= 11 is 2.63. The van der Waals surface area contributed by atoms with E-state index < -0.39 is 8.32 Å². The molecular formula is C16H23IOSi. The molecule has 19 heavy (non-hydrogen) atoms. The predicted molar refractivity (Wildman–Crippen MR) is 93.7 cm³/mol. The molecule has 0 bridgehead atoms. The Labute approximate surface area is 131 Å². The predicted octanol–water partition coefficient (Wildman–Crippen LogP) is 4.35. The quantitative estimate of drug-likeness (QED) is 0.306. The summed E-state index contributed by atoms with van der Waals surface area (Å²) in [7, 11) is -1.74. The maximum Gasteiger partial charge on any atom is 0.237 e. The minimum absolute atomic E-state index is 0.715. The van der Waals surface area contributed by atoms with Crippen LogP contribution in [0.2, 0.25) is 6.04 Å². The Balaban J connectivity index is 2.08. The minimum atomic E-state index is -1.74. The summed E-state index contributed by atoms with van der Waals surface area (Å²) in [6.07, 6.45) is 9.49. The van der Waals surface area contributed by atoms with Gasteiger partial charge in [-0.1, -0.05) is 84.8 Å². The van der Waals surface area contributed by atoms with E-state index in [0.717, 1.165) is 13.0 Å². The molecule has 3 heteroatoms. The third-order valence-electron chi connectivity index (χ3n) is 3.83. The summed E-state index contributed by atoms with van der Waals surface area (Å²) in [5.74, 6) is 0. The van der Waals surface area contributed by atoms with Crippen LogP contribution in [0.4, 0.5) is 0 Å². The highest BCUT2D eigenvalue weighted by molar-refractivity contribution is 14.1. The highest BCUT2D eigenvalue weighted by Gasteiger charge is 2.47. The molecule has 2 unspecified atom stereocenters. The van der Waals surface area contributed by atoms with E-state index in [2.05, 4.69) is 72.0 Å². The summed E-state index contributed by atoms with van der Waals surface area (Å²) in [4.78, 5) is 0. The topological polar surface area (TPSA) is 9.23 Å². The number of rotatable bonds is 6. The maximum absolute atomic E-state index is 6.48. The van der Waals surface area contributed by atoms with Crippen LogP contribution in [-0.2, 0) is 4.43 Å². The van der Waals surface area contributed by atoms with Crippen LogP contribution < -0.4 is 5.19 Å². The van der Waals surface area contributed by atoms with Crippen molar-refractivity contribution in [2.75, 3.05) is 6.61 Å². The Hall–Kier alpha value is -0.133. The van der Waals surface area contributed by atoms with Crippen molar-refractivity contribution in [1.82, 2.24) is 0 Å². The molecule has 0 N–H and O–H groups in total. The van der Waals surface area contributed by atoms with Gasteiger partial charge in [-0.2, -0.15) is 0 Å². The van der Waals surface area contributed by atoms with Gasteiger partial charge in [0, 0.05) is 3.55 Å². The molecule has 104 valence electrons. The van der Waals surface area contributed by atoms with Crippen LogP contribution in [0.15, 0.2) is 42.5 Å². The van der Waals surface area contributed by atoms with Gasteiger partial charge in [0.05, 0.1) is 6.61 Å². The zero-order valence-electron chi connectivity index (χ0n) is 11.6. The SMILES string of the molecule is CCC/C=C/CO[Si]1(c2ccccc2)CCCC1I. The number of hydrogen-bond donors (Lipinski definition) is 0. The number of halogens is 1. The van der Waals surface area contributed by atoms with Gasteiger partial charge >= 0.3 is 0 Å². The molecule has 0 aliphatic carbocycles. The monoisotopic (exact) mass is 386 g/mol. The molecule has 2 rings (SSSR count). The fraction of sp³-hybridized carbons (Fsp3) is 0.500. The molecule has 0 aromatic heterocycles. The lowest BCUT2D eigenvalue weighted by molar-refractivity contribution is 0.356. The van der Waals surface area contributed by atoms with Gasteiger partial charge in [-0.05, 0) is 24.1 Å². The Morgan fingerprint density at radius 3 is 2.74 bits per heavy atom. The van der Waals surface area contributed by atoms with E-state index in [1.165, 1.54) is 30.5 Å². The van der Waals surface area contributed by atoms with E-state index in [9.17, 15) is 0 Å². The number of unbranched alkanes of at least 4 members (excludes halogenated alkanes) is 1. The van der Waals surface area contributed by atoms with Gasteiger partial charge in [0.25, 0.3) is 0 Å². The number of allylic oxidation sites excluding steroid dienone is 1.